The number of hydrogen-bond acceptors (Lipinski definition) is 3. The molecule has 0 saturated carbocycles. The summed E-state index contributed by atoms with van der Waals surface area (Å²) in [6.45, 7) is 0. The van der Waals surface area contributed by atoms with Crippen LogP contribution in [0.15, 0.2) is 18.2 Å². The second kappa shape index (κ2) is 4.63. The minimum absolute atomic E-state index is 0.00120. The highest BCUT2D eigenvalue weighted by molar-refractivity contribution is 5.74. The Balaban J connectivity index is 3.11. The van der Waals surface area contributed by atoms with Crippen molar-refractivity contribution in [2.24, 2.45) is 0 Å². The molecule has 0 aromatic heterocycles. The monoisotopic (exact) mass is 214 g/mol. The van der Waals surface area contributed by atoms with Gasteiger partial charge in [-0.05, 0) is 12.1 Å². The van der Waals surface area contributed by atoms with Gasteiger partial charge in [0.25, 0.3) is 0 Å². The predicted molar refractivity (Wildman–Crippen MR) is 51.0 cm³/mol. The van der Waals surface area contributed by atoms with Gasteiger partial charge in [0.1, 0.15) is 11.5 Å². The first-order valence-electron chi connectivity index (χ1n) is 4.18. The minimum Gasteiger partial charge on any atom is -0.497 e. The van der Waals surface area contributed by atoms with Gasteiger partial charge in [-0.1, -0.05) is 0 Å². The van der Waals surface area contributed by atoms with E-state index in [0.29, 0.717) is 11.5 Å². The van der Waals surface area contributed by atoms with Crippen LogP contribution in [0.25, 0.3) is 0 Å². The highest BCUT2D eigenvalue weighted by Gasteiger charge is 2.19. The Morgan fingerprint density at radius 2 is 1.73 bits per heavy atom. The average molecular weight is 214 g/mol. The van der Waals surface area contributed by atoms with Gasteiger partial charge in [0, 0.05) is 11.6 Å². The average Bonchev–Trinajstić information content (AvgIpc) is 2.27. The Labute approximate surface area is 86.2 Å². The first-order valence-corrected chi connectivity index (χ1v) is 4.18. The van der Waals surface area contributed by atoms with Crippen LogP contribution in [0.3, 0.4) is 0 Å². The number of ether oxygens (including phenoxy) is 2. The maximum atomic E-state index is 13.2. The summed E-state index contributed by atoms with van der Waals surface area (Å²) in [6.07, 6.45) is -2.08. The summed E-state index contributed by atoms with van der Waals surface area (Å²) in [6, 6.07) is 4.18. The Morgan fingerprint density at radius 1 is 1.27 bits per heavy atom. The maximum absolute atomic E-state index is 13.2. The van der Waals surface area contributed by atoms with Crippen LogP contribution in [0.4, 0.5) is 4.39 Å². The van der Waals surface area contributed by atoms with Crippen molar-refractivity contribution < 1.29 is 23.8 Å². The van der Waals surface area contributed by atoms with Gasteiger partial charge in [-0.2, -0.15) is 0 Å². The minimum atomic E-state index is -2.08. The first-order chi connectivity index (χ1) is 7.08. The van der Waals surface area contributed by atoms with E-state index in [1.165, 1.54) is 32.4 Å². The molecule has 0 amide bonds. The molecule has 82 valence electrons. The molecule has 5 heteroatoms. The Kier molecular flexibility index (Phi) is 3.49. The number of hydrogen-bond donors (Lipinski definition) is 1. The van der Waals surface area contributed by atoms with E-state index < -0.39 is 12.1 Å². The number of rotatable bonds is 4. The molecule has 1 aromatic rings. The van der Waals surface area contributed by atoms with Crippen molar-refractivity contribution in [3.05, 3.63) is 23.8 Å². The van der Waals surface area contributed by atoms with E-state index in [1.807, 2.05) is 0 Å². The third-order valence-corrected chi connectivity index (χ3v) is 1.88. The summed E-state index contributed by atoms with van der Waals surface area (Å²) in [5.74, 6) is -0.827. The first kappa shape index (κ1) is 11.3. The molecule has 0 aliphatic carbocycles. The number of halogens is 1. The zero-order valence-electron chi connectivity index (χ0n) is 8.36. The van der Waals surface area contributed by atoms with Crippen LogP contribution >= 0.6 is 0 Å². The molecule has 0 fully saturated rings. The number of alkyl halides is 1. The molecule has 4 nitrogen and oxygen atoms in total. The molecular formula is C10H11FO4. The quantitative estimate of drug-likeness (QED) is 0.830. The molecule has 1 N–H and O–H groups in total. The van der Waals surface area contributed by atoms with E-state index in [1.54, 1.807) is 0 Å². The van der Waals surface area contributed by atoms with Crippen molar-refractivity contribution in [1.29, 1.82) is 0 Å². The number of carbonyl (C=O) groups is 1. The van der Waals surface area contributed by atoms with Crippen molar-refractivity contribution in [2.45, 2.75) is 6.17 Å². The molecule has 0 spiro atoms. The van der Waals surface area contributed by atoms with Gasteiger partial charge in [-0.3, -0.25) is 0 Å². The number of methoxy groups -OCH3 is 2. The van der Waals surface area contributed by atoms with Crippen molar-refractivity contribution in [3.8, 4) is 11.5 Å². The van der Waals surface area contributed by atoms with Crippen LogP contribution in [0.5, 0.6) is 11.5 Å². The molecule has 0 bridgehead atoms. The van der Waals surface area contributed by atoms with Gasteiger partial charge < -0.3 is 14.6 Å². The Morgan fingerprint density at radius 3 is 2.07 bits per heavy atom. The van der Waals surface area contributed by atoms with E-state index in [-0.39, 0.29) is 5.56 Å². The third-order valence-electron chi connectivity index (χ3n) is 1.88. The zero-order chi connectivity index (χ0) is 11.4. The van der Waals surface area contributed by atoms with Gasteiger partial charge in [0.2, 0.25) is 6.17 Å². The van der Waals surface area contributed by atoms with E-state index in [9.17, 15) is 9.18 Å². The van der Waals surface area contributed by atoms with Crippen molar-refractivity contribution in [2.75, 3.05) is 14.2 Å². The standard InChI is InChI=1S/C10H11FO4/c1-14-7-3-6(9(11)10(12)13)4-8(5-7)15-2/h3-5,9H,1-2H3,(H,12,13). The molecule has 0 radical (unpaired) electrons. The van der Waals surface area contributed by atoms with Crippen LogP contribution in [0.1, 0.15) is 11.7 Å². The molecule has 0 saturated heterocycles. The molecular weight excluding hydrogens is 203 g/mol. The fourth-order valence-corrected chi connectivity index (χ4v) is 1.12. The number of benzene rings is 1. The van der Waals surface area contributed by atoms with E-state index in [2.05, 4.69) is 0 Å². The van der Waals surface area contributed by atoms with E-state index in [4.69, 9.17) is 14.6 Å². The van der Waals surface area contributed by atoms with Crippen molar-refractivity contribution >= 4 is 5.97 Å². The number of carboxylic acids is 1. The summed E-state index contributed by atoms with van der Waals surface area (Å²) < 4.78 is 23.0. The molecule has 1 atom stereocenters. The summed E-state index contributed by atoms with van der Waals surface area (Å²) in [4.78, 5) is 10.4. The summed E-state index contributed by atoms with van der Waals surface area (Å²) in [7, 11) is 2.82. The van der Waals surface area contributed by atoms with Crippen molar-refractivity contribution in [1.82, 2.24) is 0 Å². The normalized spacial score (nSPS) is 11.9. The maximum Gasteiger partial charge on any atom is 0.343 e. The van der Waals surface area contributed by atoms with Crippen molar-refractivity contribution in [3.63, 3.8) is 0 Å². The highest BCUT2D eigenvalue weighted by Crippen LogP contribution is 2.28. The van der Waals surface area contributed by atoms with Gasteiger partial charge >= 0.3 is 5.97 Å². The zero-order valence-corrected chi connectivity index (χ0v) is 8.36. The lowest BCUT2D eigenvalue weighted by molar-refractivity contribution is -0.143. The lowest BCUT2D eigenvalue weighted by Crippen LogP contribution is -2.06. The molecule has 1 rings (SSSR count). The fourth-order valence-electron chi connectivity index (χ4n) is 1.12. The van der Waals surface area contributed by atoms with Crippen LogP contribution < -0.4 is 9.47 Å². The third kappa shape index (κ3) is 2.59. The second-order valence-corrected chi connectivity index (χ2v) is 2.85. The second-order valence-electron chi connectivity index (χ2n) is 2.85. The molecule has 0 aliphatic rings. The van der Waals surface area contributed by atoms with E-state index >= 15 is 0 Å². The molecule has 1 unspecified atom stereocenters. The molecule has 0 heterocycles. The van der Waals surface area contributed by atoms with Gasteiger partial charge in [-0.25, -0.2) is 9.18 Å². The topological polar surface area (TPSA) is 55.8 Å². The lowest BCUT2D eigenvalue weighted by atomic mass is 10.1. The largest absolute Gasteiger partial charge is 0.497 e. The lowest BCUT2D eigenvalue weighted by Gasteiger charge is -2.09. The van der Waals surface area contributed by atoms with Gasteiger partial charge in [-0.15, -0.1) is 0 Å². The smallest absolute Gasteiger partial charge is 0.343 e. The van der Waals surface area contributed by atoms with Crippen LogP contribution in [0, 0.1) is 0 Å². The summed E-state index contributed by atoms with van der Waals surface area (Å²) >= 11 is 0. The van der Waals surface area contributed by atoms with Crippen LogP contribution in [0.2, 0.25) is 0 Å². The fraction of sp³-hybridized carbons (Fsp3) is 0.300. The van der Waals surface area contributed by atoms with Crippen LogP contribution in [-0.4, -0.2) is 25.3 Å². The summed E-state index contributed by atoms with van der Waals surface area (Å²) in [5.41, 5.74) is -0.00120. The molecule has 15 heavy (non-hydrogen) atoms. The molecule has 0 aliphatic heterocycles. The van der Waals surface area contributed by atoms with E-state index in [0.717, 1.165) is 0 Å². The summed E-state index contributed by atoms with van der Waals surface area (Å²) in [5, 5.41) is 8.51. The SMILES string of the molecule is COc1cc(OC)cc(C(F)C(=O)O)c1. The number of aliphatic carboxylic acids is 1. The Hall–Kier alpha value is -1.78. The highest BCUT2D eigenvalue weighted by atomic mass is 19.1. The Bertz CT molecular complexity index is 342. The van der Waals surface area contributed by atoms with Gasteiger partial charge in [0.05, 0.1) is 14.2 Å². The number of carboxylic acid groups (broad SMARTS) is 1. The predicted octanol–water partition coefficient (Wildman–Crippen LogP) is 1.80. The van der Waals surface area contributed by atoms with Crippen LogP contribution in [-0.2, 0) is 4.79 Å². The van der Waals surface area contributed by atoms with Gasteiger partial charge in [0.15, 0.2) is 0 Å². The molecule has 1 aromatic carbocycles.